The van der Waals surface area contributed by atoms with E-state index in [2.05, 4.69) is 6.07 Å². The lowest BCUT2D eigenvalue weighted by atomic mass is 9.94. The average Bonchev–Trinajstić information content (AvgIpc) is 3.45. The van der Waals surface area contributed by atoms with Crippen molar-refractivity contribution in [3.63, 3.8) is 0 Å². The lowest BCUT2D eigenvalue weighted by molar-refractivity contribution is -0.659. The van der Waals surface area contributed by atoms with E-state index in [0.29, 0.717) is 27.6 Å². The van der Waals surface area contributed by atoms with Crippen LogP contribution in [-0.4, -0.2) is 0 Å². The molecular formula is C30H30NO+. The van der Waals surface area contributed by atoms with Crippen LogP contribution < -0.4 is 4.57 Å². The van der Waals surface area contributed by atoms with Crippen molar-refractivity contribution < 1.29 is 18.6 Å². The van der Waals surface area contributed by atoms with E-state index in [1.807, 2.05) is 31.2 Å². The fourth-order valence-corrected chi connectivity index (χ4v) is 5.31. The van der Waals surface area contributed by atoms with Crippen molar-refractivity contribution in [2.24, 2.45) is 7.05 Å². The largest absolute Gasteiger partial charge is 0.449 e. The third-order valence-electron chi connectivity index (χ3n) is 6.90. The van der Waals surface area contributed by atoms with Gasteiger partial charge in [-0.05, 0) is 79.5 Å². The average molecular weight is 428 g/mol. The van der Waals surface area contributed by atoms with Gasteiger partial charge in [0.2, 0.25) is 5.58 Å². The van der Waals surface area contributed by atoms with Gasteiger partial charge in [0.05, 0.1) is 5.56 Å². The molecule has 2 heteroatoms. The van der Waals surface area contributed by atoms with Crippen LogP contribution in [-0.2, 0) is 7.05 Å². The van der Waals surface area contributed by atoms with Crippen molar-refractivity contribution >= 4 is 32.7 Å². The first kappa shape index (κ1) is 13.4. The second kappa shape index (κ2) is 7.20. The minimum absolute atomic E-state index is 0.197. The number of aryl methyl sites for hydroxylation is 4. The van der Waals surface area contributed by atoms with Crippen LogP contribution in [0.25, 0.3) is 44.0 Å². The summed E-state index contributed by atoms with van der Waals surface area (Å²) < 4.78 is 65.4. The van der Waals surface area contributed by atoms with E-state index in [-0.39, 0.29) is 11.1 Å². The molecule has 2 aromatic heterocycles. The molecular weight excluding hydrogens is 390 g/mol. The molecule has 160 valence electrons. The van der Waals surface area contributed by atoms with Gasteiger partial charge in [0.25, 0.3) is 5.69 Å². The van der Waals surface area contributed by atoms with Crippen molar-refractivity contribution in [1.29, 1.82) is 0 Å². The molecule has 1 aliphatic carbocycles. The summed E-state index contributed by atoms with van der Waals surface area (Å²) in [7, 11) is 1.78. The Morgan fingerprint density at radius 1 is 0.969 bits per heavy atom. The molecule has 6 rings (SSSR count). The Bertz CT molecular complexity index is 1770. The summed E-state index contributed by atoms with van der Waals surface area (Å²) in [6.07, 6.45) is 5.44. The van der Waals surface area contributed by atoms with E-state index >= 15 is 0 Å². The Kier molecular flexibility index (Phi) is 3.02. The van der Waals surface area contributed by atoms with Gasteiger partial charge in [-0.25, -0.2) is 0 Å². The standard InChI is InChI=1S/C30H30NO/c1-18-9-12-25(19(2)13-18)29-30-28(20(3)17-31(29)4)26-15-24-14-22(21-7-5-6-8-21)10-11-23(24)16-27(26)32-30/h9-17,21H,5-8H2,1-4H3/q+1/i1D3,3D3,21D. The van der Waals surface area contributed by atoms with Crippen molar-refractivity contribution in [1.82, 2.24) is 0 Å². The Balaban J connectivity index is 1.66. The molecule has 0 saturated heterocycles. The molecule has 0 spiro atoms. The van der Waals surface area contributed by atoms with Gasteiger partial charge >= 0.3 is 0 Å². The lowest BCUT2D eigenvalue weighted by Crippen LogP contribution is -2.31. The van der Waals surface area contributed by atoms with Gasteiger partial charge in [-0.1, -0.05) is 48.7 Å². The third kappa shape index (κ3) is 2.97. The molecule has 5 aromatic rings. The van der Waals surface area contributed by atoms with Crippen LogP contribution in [0.15, 0.2) is 59.1 Å². The van der Waals surface area contributed by atoms with Gasteiger partial charge in [-0.3, -0.25) is 0 Å². The molecule has 1 fully saturated rings. The van der Waals surface area contributed by atoms with Gasteiger partial charge in [-0.2, -0.15) is 4.57 Å². The summed E-state index contributed by atoms with van der Waals surface area (Å²) in [4.78, 5) is 0. The molecule has 2 heterocycles. The molecule has 0 radical (unpaired) electrons. The fraction of sp³-hybridized carbons (Fsp3) is 0.300. The van der Waals surface area contributed by atoms with Crippen LogP contribution in [0, 0.1) is 20.6 Å². The molecule has 0 bridgehead atoms. The number of hydrogen-bond acceptors (Lipinski definition) is 1. The van der Waals surface area contributed by atoms with Gasteiger partial charge in [-0.15, -0.1) is 0 Å². The maximum absolute atomic E-state index is 8.97. The highest BCUT2D eigenvalue weighted by molar-refractivity contribution is 6.13. The maximum atomic E-state index is 8.97. The summed E-state index contributed by atoms with van der Waals surface area (Å²) in [5.41, 5.74) is 4.70. The number of hydrogen-bond donors (Lipinski definition) is 0. The Morgan fingerprint density at radius 2 is 1.84 bits per heavy atom. The van der Waals surface area contributed by atoms with E-state index < -0.39 is 19.6 Å². The first-order valence-electron chi connectivity index (χ1n) is 14.7. The van der Waals surface area contributed by atoms with E-state index in [9.17, 15) is 0 Å². The van der Waals surface area contributed by atoms with Crippen LogP contribution in [0.2, 0.25) is 0 Å². The van der Waals surface area contributed by atoms with Gasteiger partial charge < -0.3 is 4.42 Å². The fourth-order valence-electron chi connectivity index (χ4n) is 5.31. The predicted octanol–water partition coefficient (Wildman–Crippen LogP) is 7.81. The minimum Gasteiger partial charge on any atom is -0.449 e. The number of benzene rings is 3. The second-order valence-corrected chi connectivity index (χ2v) is 9.06. The van der Waals surface area contributed by atoms with Crippen molar-refractivity contribution in [2.75, 3.05) is 0 Å². The summed E-state index contributed by atoms with van der Waals surface area (Å²) in [5, 5.41) is 3.16. The van der Waals surface area contributed by atoms with E-state index in [4.69, 9.17) is 14.0 Å². The lowest BCUT2D eigenvalue weighted by Gasteiger charge is -2.10. The Labute approximate surface area is 199 Å². The number of rotatable bonds is 2. The maximum Gasteiger partial charge on any atom is 0.256 e. The number of aromatic nitrogens is 1. The van der Waals surface area contributed by atoms with Crippen molar-refractivity contribution in [2.45, 2.75) is 52.2 Å². The highest BCUT2D eigenvalue weighted by Gasteiger charge is 2.25. The summed E-state index contributed by atoms with van der Waals surface area (Å²) in [6, 6.07) is 15.1. The quantitative estimate of drug-likeness (QED) is 0.263. The molecule has 3 aromatic carbocycles. The molecule has 2 nitrogen and oxygen atoms in total. The molecule has 0 unspecified atom stereocenters. The molecule has 0 atom stereocenters. The van der Waals surface area contributed by atoms with Gasteiger partial charge in [0, 0.05) is 25.9 Å². The van der Waals surface area contributed by atoms with E-state index in [1.54, 1.807) is 36.0 Å². The molecule has 32 heavy (non-hydrogen) atoms. The normalized spacial score (nSPS) is 19.9. The first-order chi connectivity index (χ1) is 18.3. The number of nitrogens with zero attached hydrogens (tertiary/aromatic N) is 1. The predicted molar refractivity (Wildman–Crippen MR) is 133 cm³/mol. The number of pyridine rings is 1. The molecule has 0 N–H and O–H groups in total. The topological polar surface area (TPSA) is 17.0 Å². The van der Waals surface area contributed by atoms with Crippen LogP contribution in [0.4, 0.5) is 0 Å². The smallest absolute Gasteiger partial charge is 0.256 e. The van der Waals surface area contributed by atoms with Crippen molar-refractivity contribution in [3.8, 4) is 11.3 Å². The van der Waals surface area contributed by atoms with Crippen molar-refractivity contribution in [3.05, 3.63) is 77.0 Å². The number of furan rings is 1. The number of fused-ring (bicyclic) bond motifs is 4. The molecule has 1 aliphatic rings. The summed E-state index contributed by atoms with van der Waals surface area (Å²) in [6.45, 7) is -2.75. The van der Waals surface area contributed by atoms with Gasteiger partial charge in [0.1, 0.15) is 12.6 Å². The first-order valence-corrected chi connectivity index (χ1v) is 11.2. The van der Waals surface area contributed by atoms with Crippen LogP contribution in [0.1, 0.15) is 63.4 Å². The zero-order valence-corrected chi connectivity index (χ0v) is 18.4. The SMILES string of the molecule is [2H]C([2H])([2H])c1ccc(-c2c3oc4cc5ccc(C6([2H])CCCC6)cc5cc4c3c(C([2H])([2H])[2H])c[n+]2C)c(C)c1. The minimum atomic E-state index is -2.38. The highest BCUT2D eigenvalue weighted by Crippen LogP contribution is 2.40. The Morgan fingerprint density at radius 3 is 2.62 bits per heavy atom. The monoisotopic (exact) mass is 427 g/mol. The van der Waals surface area contributed by atoms with E-state index in [0.717, 1.165) is 53.1 Å². The third-order valence-corrected chi connectivity index (χ3v) is 6.90. The van der Waals surface area contributed by atoms with Crippen LogP contribution in [0.3, 0.4) is 0 Å². The summed E-state index contributed by atoms with van der Waals surface area (Å²) in [5.74, 6) is -0.579. The molecule has 1 saturated carbocycles. The van der Waals surface area contributed by atoms with E-state index in [1.165, 1.54) is 0 Å². The Hall–Kier alpha value is -3.13. The highest BCUT2D eigenvalue weighted by atomic mass is 16.3. The molecule has 0 aliphatic heterocycles. The van der Waals surface area contributed by atoms with Crippen LogP contribution in [0.5, 0.6) is 0 Å². The zero-order chi connectivity index (χ0) is 27.9. The zero-order valence-electron chi connectivity index (χ0n) is 25.4. The van der Waals surface area contributed by atoms with Crippen LogP contribution >= 0.6 is 0 Å². The van der Waals surface area contributed by atoms with Gasteiger partial charge in [0.15, 0.2) is 6.20 Å². The second-order valence-electron chi connectivity index (χ2n) is 9.06. The summed E-state index contributed by atoms with van der Waals surface area (Å²) >= 11 is 0. The molecule has 0 amide bonds.